The van der Waals surface area contributed by atoms with E-state index in [-0.39, 0.29) is 5.91 Å². The molecule has 98 valence electrons. The van der Waals surface area contributed by atoms with Gasteiger partial charge < -0.3 is 15.5 Å². The minimum Gasteiger partial charge on any atom is -0.351 e. The molecule has 0 spiro atoms. The van der Waals surface area contributed by atoms with Crippen molar-refractivity contribution in [2.24, 2.45) is 0 Å². The van der Waals surface area contributed by atoms with Crippen molar-refractivity contribution >= 4 is 5.91 Å². The average molecular weight is 248 g/mol. The molecule has 5 nitrogen and oxygen atoms in total. The summed E-state index contributed by atoms with van der Waals surface area (Å²) in [6.07, 6.45) is 4.42. The van der Waals surface area contributed by atoms with E-state index in [4.69, 9.17) is 0 Å². The number of nitrogens with one attached hydrogen (secondary N) is 2. The van der Waals surface area contributed by atoms with Crippen LogP contribution in [-0.2, 0) is 13.0 Å². The highest BCUT2D eigenvalue weighted by atomic mass is 16.1. The highest BCUT2D eigenvalue weighted by Gasteiger charge is 2.17. The Kier molecular flexibility index (Phi) is 4.28. The predicted molar refractivity (Wildman–Crippen MR) is 70.5 cm³/mol. The molecule has 0 saturated heterocycles. The van der Waals surface area contributed by atoms with E-state index in [2.05, 4.69) is 15.6 Å². The molecule has 0 saturated carbocycles. The van der Waals surface area contributed by atoms with Crippen LogP contribution in [0.5, 0.6) is 0 Å². The Labute approximate surface area is 108 Å². The van der Waals surface area contributed by atoms with Gasteiger partial charge in [0.1, 0.15) is 0 Å². The van der Waals surface area contributed by atoms with Crippen LogP contribution in [0.4, 0.5) is 0 Å². The van der Waals surface area contributed by atoms with E-state index in [1.807, 2.05) is 25.2 Å². The third-order valence-electron chi connectivity index (χ3n) is 3.10. The summed E-state index contributed by atoms with van der Waals surface area (Å²) in [6, 6.07) is 0. The van der Waals surface area contributed by atoms with E-state index in [0.29, 0.717) is 6.54 Å². The van der Waals surface area contributed by atoms with Gasteiger partial charge in [-0.05, 0) is 38.2 Å². The van der Waals surface area contributed by atoms with Crippen molar-refractivity contribution in [3.63, 3.8) is 0 Å². The van der Waals surface area contributed by atoms with Crippen molar-refractivity contribution in [1.29, 1.82) is 0 Å². The van der Waals surface area contributed by atoms with Crippen LogP contribution in [-0.4, -0.2) is 49.5 Å². The summed E-state index contributed by atoms with van der Waals surface area (Å²) in [5.41, 5.74) is 3.01. The van der Waals surface area contributed by atoms with Crippen LogP contribution in [0.1, 0.15) is 21.5 Å². The van der Waals surface area contributed by atoms with Crippen LogP contribution in [0, 0.1) is 0 Å². The molecule has 2 N–H and O–H groups in total. The molecular weight excluding hydrogens is 228 g/mol. The lowest BCUT2D eigenvalue weighted by atomic mass is 9.98. The zero-order valence-electron chi connectivity index (χ0n) is 11.0. The molecule has 1 amide bonds. The Morgan fingerprint density at radius 1 is 1.50 bits per heavy atom. The van der Waals surface area contributed by atoms with Crippen LogP contribution < -0.4 is 10.6 Å². The zero-order chi connectivity index (χ0) is 13.0. The van der Waals surface area contributed by atoms with Gasteiger partial charge in [0.05, 0.1) is 5.56 Å². The number of carbonyl (C=O) groups is 1. The van der Waals surface area contributed by atoms with E-state index >= 15 is 0 Å². The first-order chi connectivity index (χ1) is 8.68. The van der Waals surface area contributed by atoms with E-state index in [0.717, 1.165) is 42.7 Å². The van der Waals surface area contributed by atoms with Gasteiger partial charge in [-0.1, -0.05) is 0 Å². The van der Waals surface area contributed by atoms with Gasteiger partial charge in [-0.2, -0.15) is 0 Å². The fourth-order valence-electron chi connectivity index (χ4n) is 2.10. The Bertz CT molecular complexity index is 431. The quantitative estimate of drug-likeness (QED) is 0.788. The number of hydrogen-bond donors (Lipinski definition) is 2. The summed E-state index contributed by atoms with van der Waals surface area (Å²) in [5, 5.41) is 6.23. The topological polar surface area (TPSA) is 57.3 Å². The Morgan fingerprint density at radius 2 is 2.33 bits per heavy atom. The molecule has 1 aliphatic rings. The molecule has 0 aliphatic carbocycles. The van der Waals surface area contributed by atoms with Crippen LogP contribution >= 0.6 is 0 Å². The molecule has 2 rings (SSSR count). The van der Waals surface area contributed by atoms with Crippen LogP contribution in [0.2, 0.25) is 0 Å². The molecule has 1 aromatic heterocycles. The summed E-state index contributed by atoms with van der Waals surface area (Å²) in [5.74, 6) is -0.0110. The van der Waals surface area contributed by atoms with Crippen molar-refractivity contribution < 1.29 is 4.79 Å². The third-order valence-corrected chi connectivity index (χ3v) is 3.10. The summed E-state index contributed by atoms with van der Waals surface area (Å²) < 4.78 is 0. The van der Waals surface area contributed by atoms with Crippen LogP contribution in [0.3, 0.4) is 0 Å². The number of likely N-dealkylation sites (N-methyl/N-ethyl adjacent to an activating group) is 1. The number of fused-ring (bicyclic) bond motifs is 1. The Balaban J connectivity index is 2.06. The Morgan fingerprint density at radius 3 is 3.11 bits per heavy atom. The van der Waals surface area contributed by atoms with Crippen molar-refractivity contribution in [1.82, 2.24) is 20.5 Å². The van der Waals surface area contributed by atoms with Crippen molar-refractivity contribution in [3.05, 3.63) is 29.1 Å². The SMILES string of the molecule is CN(C)CCNC(=O)c1cncc2c1CCNC2. The normalized spacial score (nSPS) is 14.4. The van der Waals surface area contributed by atoms with Gasteiger partial charge in [-0.3, -0.25) is 9.78 Å². The molecule has 0 aromatic carbocycles. The number of carbonyl (C=O) groups excluding carboxylic acids is 1. The van der Waals surface area contributed by atoms with Gasteiger partial charge in [0, 0.05) is 32.0 Å². The zero-order valence-corrected chi connectivity index (χ0v) is 11.0. The van der Waals surface area contributed by atoms with Gasteiger partial charge >= 0.3 is 0 Å². The number of amides is 1. The molecule has 0 atom stereocenters. The number of pyridine rings is 1. The summed E-state index contributed by atoms with van der Waals surface area (Å²) in [7, 11) is 3.98. The summed E-state index contributed by atoms with van der Waals surface area (Å²) in [4.78, 5) is 18.3. The predicted octanol–water partition coefficient (Wildman–Crippen LogP) is 0.0187. The molecule has 1 aliphatic heterocycles. The first kappa shape index (κ1) is 13.0. The third kappa shape index (κ3) is 3.05. The number of hydrogen-bond acceptors (Lipinski definition) is 4. The summed E-state index contributed by atoms with van der Waals surface area (Å²) in [6.45, 7) is 3.24. The van der Waals surface area contributed by atoms with Gasteiger partial charge in [0.15, 0.2) is 0 Å². The lowest BCUT2D eigenvalue weighted by Gasteiger charge is -2.19. The minimum absolute atomic E-state index is 0.0110. The maximum atomic E-state index is 12.1. The van der Waals surface area contributed by atoms with E-state index in [1.54, 1.807) is 6.20 Å². The average Bonchev–Trinajstić information content (AvgIpc) is 2.37. The van der Waals surface area contributed by atoms with E-state index in [9.17, 15) is 4.79 Å². The van der Waals surface area contributed by atoms with Crippen LogP contribution in [0.15, 0.2) is 12.4 Å². The molecule has 0 unspecified atom stereocenters. The molecular formula is C13H20N4O. The number of rotatable bonds is 4. The van der Waals surface area contributed by atoms with E-state index < -0.39 is 0 Å². The number of aromatic nitrogens is 1. The fraction of sp³-hybridized carbons (Fsp3) is 0.538. The molecule has 5 heteroatoms. The number of nitrogens with zero attached hydrogens (tertiary/aromatic N) is 2. The smallest absolute Gasteiger partial charge is 0.253 e. The molecule has 18 heavy (non-hydrogen) atoms. The molecule has 0 bridgehead atoms. The van der Waals surface area contributed by atoms with Crippen LogP contribution in [0.25, 0.3) is 0 Å². The second-order valence-corrected chi connectivity index (χ2v) is 4.81. The maximum Gasteiger partial charge on any atom is 0.253 e. The highest BCUT2D eigenvalue weighted by molar-refractivity contribution is 5.95. The van der Waals surface area contributed by atoms with Crippen molar-refractivity contribution in [2.75, 3.05) is 33.7 Å². The fourth-order valence-corrected chi connectivity index (χ4v) is 2.10. The molecule has 2 heterocycles. The lowest BCUT2D eigenvalue weighted by molar-refractivity contribution is 0.0949. The maximum absolute atomic E-state index is 12.1. The molecule has 1 aromatic rings. The monoisotopic (exact) mass is 248 g/mol. The summed E-state index contributed by atoms with van der Waals surface area (Å²) >= 11 is 0. The first-order valence-corrected chi connectivity index (χ1v) is 6.28. The molecule has 0 radical (unpaired) electrons. The minimum atomic E-state index is -0.0110. The van der Waals surface area contributed by atoms with Crippen molar-refractivity contribution in [3.8, 4) is 0 Å². The van der Waals surface area contributed by atoms with E-state index in [1.165, 1.54) is 0 Å². The largest absolute Gasteiger partial charge is 0.351 e. The van der Waals surface area contributed by atoms with Gasteiger partial charge in [0.2, 0.25) is 0 Å². The highest BCUT2D eigenvalue weighted by Crippen LogP contribution is 2.16. The lowest BCUT2D eigenvalue weighted by Crippen LogP contribution is -2.33. The van der Waals surface area contributed by atoms with Gasteiger partial charge in [-0.25, -0.2) is 0 Å². The Hall–Kier alpha value is -1.46. The van der Waals surface area contributed by atoms with Crippen molar-refractivity contribution in [2.45, 2.75) is 13.0 Å². The second kappa shape index (κ2) is 5.93. The second-order valence-electron chi connectivity index (χ2n) is 4.81. The van der Waals surface area contributed by atoms with Gasteiger partial charge in [0.25, 0.3) is 5.91 Å². The van der Waals surface area contributed by atoms with Gasteiger partial charge in [-0.15, -0.1) is 0 Å². The molecule has 0 fully saturated rings. The standard InChI is InChI=1S/C13H20N4O/c1-17(2)6-5-16-13(18)12-9-15-8-10-7-14-4-3-11(10)12/h8-9,14H,3-7H2,1-2H3,(H,16,18). The first-order valence-electron chi connectivity index (χ1n) is 6.28.